The molecule has 0 unspecified atom stereocenters. The van der Waals surface area contributed by atoms with E-state index in [1.165, 1.54) is 24.4 Å². The van der Waals surface area contributed by atoms with Crippen molar-refractivity contribution >= 4 is 17.3 Å². The highest BCUT2D eigenvalue weighted by atomic mass is 32.1. The van der Waals surface area contributed by atoms with Gasteiger partial charge in [0.2, 0.25) is 0 Å². The van der Waals surface area contributed by atoms with Crippen molar-refractivity contribution in [3.63, 3.8) is 0 Å². The summed E-state index contributed by atoms with van der Waals surface area (Å²) in [5, 5.41) is 4.02. The molecule has 0 aliphatic heterocycles. The van der Waals surface area contributed by atoms with Gasteiger partial charge in [-0.2, -0.15) is 0 Å². The van der Waals surface area contributed by atoms with Crippen LogP contribution in [0, 0.1) is 5.92 Å². The largest absolute Gasteiger partial charge is 0.293 e. The summed E-state index contributed by atoms with van der Waals surface area (Å²) >= 11 is 1.26. The Hall–Kier alpha value is -0.770. The van der Waals surface area contributed by atoms with Crippen molar-refractivity contribution in [2.75, 3.05) is 0 Å². The molecule has 0 aromatic carbocycles. The lowest BCUT2D eigenvalue weighted by atomic mass is 10.1. The van der Waals surface area contributed by atoms with Gasteiger partial charge in [0, 0.05) is 6.42 Å². The second-order valence-corrected chi connectivity index (χ2v) is 4.96. The number of hydrogen-bond acceptors (Lipinski definition) is 4. The first-order valence-electron chi connectivity index (χ1n) is 5.65. The summed E-state index contributed by atoms with van der Waals surface area (Å²) in [6, 6.07) is 0. The summed E-state index contributed by atoms with van der Waals surface area (Å²) in [7, 11) is 0. The van der Waals surface area contributed by atoms with Crippen molar-refractivity contribution in [3.05, 3.63) is 10.6 Å². The molecule has 1 aliphatic carbocycles. The number of aromatic nitrogens is 2. The summed E-state index contributed by atoms with van der Waals surface area (Å²) in [5.74, 6) is 1.07. The lowest BCUT2D eigenvalue weighted by molar-refractivity contribution is 0.0981. The van der Waals surface area contributed by atoms with Gasteiger partial charge in [-0.1, -0.05) is 30.7 Å². The molecule has 0 radical (unpaired) electrons. The Labute approximate surface area is 94.1 Å². The molecule has 0 N–H and O–H groups in total. The molecule has 0 bridgehead atoms. The Balaban J connectivity index is 1.93. The first-order chi connectivity index (χ1) is 7.31. The first-order valence-corrected chi connectivity index (χ1v) is 6.43. The van der Waals surface area contributed by atoms with E-state index in [0.29, 0.717) is 6.42 Å². The molecule has 4 heteroatoms. The quantitative estimate of drug-likeness (QED) is 0.698. The van der Waals surface area contributed by atoms with Crippen molar-refractivity contribution in [1.82, 2.24) is 9.59 Å². The van der Waals surface area contributed by atoms with Crippen LogP contribution in [0.15, 0.2) is 0 Å². The van der Waals surface area contributed by atoms with Crippen molar-refractivity contribution in [1.29, 1.82) is 0 Å². The van der Waals surface area contributed by atoms with E-state index in [1.807, 2.05) is 0 Å². The second-order valence-electron chi connectivity index (χ2n) is 4.20. The molecule has 1 saturated carbocycles. The number of nitrogens with zero attached hydrogens (tertiary/aromatic N) is 2. The monoisotopic (exact) mass is 224 g/mol. The molecule has 0 atom stereocenters. The lowest BCUT2D eigenvalue weighted by Crippen LogP contribution is -2.01. The van der Waals surface area contributed by atoms with Crippen LogP contribution in [0.5, 0.6) is 0 Å². The van der Waals surface area contributed by atoms with E-state index >= 15 is 0 Å². The highest BCUT2D eigenvalue weighted by Crippen LogP contribution is 2.34. The normalized spacial score (nSPS) is 15.5. The third-order valence-corrected chi connectivity index (χ3v) is 3.58. The van der Waals surface area contributed by atoms with Gasteiger partial charge in [0.25, 0.3) is 0 Å². The summed E-state index contributed by atoms with van der Waals surface area (Å²) in [6.45, 7) is 2.10. The van der Waals surface area contributed by atoms with Gasteiger partial charge >= 0.3 is 0 Å². The Morgan fingerprint density at radius 1 is 1.53 bits per heavy atom. The number of aryl methyl sites for hydroxylation is 1. The predicted octanol–water partition coefficient (Wildman–Crippen LogP) is 2.86. The highest BCUT2D eigenvalue weighted by molar-refractivity contribution is 7.08. The zero-order valence-corrected chi connectivity index (χ0v) is 9.85. The zero-order chi connectivity index (χ0) is 10.7. The fraction of sp³-hybridized carbons (Fsp3) is 0.727. The number of hydrogen-bond donors (Lipinski definition) is 0. The van der Waals surface area contributed by atoms with Gasteiger partial charge in [-0.15, -0.1) is 5.10 Å². The van der Waals surface area contributed by atoms with Crippen LogP contribution in [0.25, 0.3) is 0 Å². The van der Waals surface area contributed by atoms with Gasteiger partial charge in [-0.25, -0.2) is 0 Å². The van der Waals surface area contributed by atoms with Gasteiger partial charge in [-0.3, -0.25) is 4.79 Å². The number of carbonyl (C=O) groups excluding carboxylic acids is 1. The molecule has 0 saturated heterocycles. The molecule has 0 spiro atoms. The van der Waals surface area contributed by atoms with Crippen LogP contribution in [0.3, 0.4) is 0 Å². The van der Waals surface area contributed by atoms with Gasteiger partial charge in [0.05, 0.1) is 5.69 Å². The van der Waals surface area contributed by atoms with Gasteiger partial charge in [0.15, 0.2) is 5.78 Å². The van der Waals surface area contributed by atoms with Crippen molar-refractivity contribution in [2.45, 2.75) is 45.4 Å². The molecule has 3 nitrogen and oxygen atoms in total. The minimum atomic E-state index is 0.250. The fourth-order valence-electron chi connectivity index (χ4n) is 1.68. The van der Waals surface area contributed by atoms with Crippen molar-refractivity contribution < 1.29 is 4.79 Å². The van der Waals surface area contributed by atoms with Crippen LogP contribution >= 0.6 is 11.5 Å². The Morgan fingerprint density at radius 2 is 2.33 bits per heavy atom. The van der Waals surface area contributed by atoms with Gasteiger partial charge < -0.3 is 0 Å². The van der Waals surface area contributed by atoms with Crippen LogP contribution in [-0.4, -0.2) is 15.4 Å². The summed E-state index contributed by atoms with van der Waals surface area (Å²) in [5.41, 5.74) is 0.906. The van der Waals surface area contributed by atoms with E-state index in [9.17, 15) is 4.79 Å². The average Bonchev–Trinajstić information content (AvgIpc) is 2.95. The second kappa shape index (κ2) is 4.84. The lowest BCUT2D eigenvalue weighted by Gasteiger charge is -1.98. The number of ketones is 1. The molecule has 1 heterocycles. The minimum Gasteiger partial charge on any atom is -0.293 e. The van der Waals surface area contributed by atoms with Crippen LogP contribution in [0.4, 0.5) is 0 Å². The molecule has 1 aliphatic rings. The van der Waals surface area contributed by atoms with Crippen molar-refractivity contribution in [3.8, 4) is 0 Å². The third-order valence-electron chi connectivity index (χ3n) is 2.77. The molecule has 1 fully saturated rings. The maximum absolute atomic E-state index is 11.9. The van der Waals surface area contributed by atoms with E-state index in [4.69, 9.17) is 0 Å². The smallest absolute Gasteiger partial charge is 0.176 e. The minimum absolute atomic E-state index is 0.250. The summed E-state index contributed by atoms with van der Waals surface area (Å²) in [4.78, 5) is 12.7. The molecular formula is C11H16N2OS. The molecule has 0 amide bonds. The van der Waals surface area contributed by atoms with Gasteiger partial charge in [0.1, 0.15) is 4.88 Å². The predicted molar refractivity (Wildman–Crippen MR) is 60.2 cm³/mol. The maximum Gasteiger partial charge on any atom is 0.176 e. The number of Topliss-reactive ketones (excluding diaryl/α,β-unsaturated/α-hetero) is 1. The Morgan fingerprint density at radius 3 is 3.00 bits per heavy atom. The number of carbonyl (C=O) groups is 1. The summed E-state index contributed by atoms with van der Waals surface area (Å²) < 4.78 is 3.88. The molecule has 1 aromatic rings. The fourth-order valence-corrected chi connectivity index (χ4v) is 2.35. The van der Waals surface area contributed by atoms with E-state index in [1.54, 1.807) is 0 Å². The highest BCUT2D eigenvalue weighted by Gasteiger charge is 2.23. The Bertz CT molecular complexity index is 344. The Kier molecular flexibility index (Phi) is 3.46. The van der Waals surface area contributed by atoms with E-state index in [0.717, 1.165) is 35.8 Å². The van der Waals surface area contributed by atoms with Crippen LogP contribution < -0.4 is 0 Å². The van der Waals surface area contributed by atoms with Crippen LogP contribution in [0.2, 0.25) is 0 Å². The first kappa shape index (κ1) is 10.7. The third kappa shape index (κ3) is 2.84. The van der Waals surface area contributed by atoms with E-state index in [-0.39, 0.29) is 5.78 Å². The van der Waals surface area contributed by atoms with Gasteiger partial charge in [-0.05, 0) is 30.3 Å². The molecule has 2 rings (SSSR count). The SMILES string of the molecule is CCCc1nnsc1C(=O)CCC1CC1. The molecule has 82 valence electrons. The molecule has 15 heavy (non-hydrogen) atoms. The maximum atomic E-state index is 11.9. The zero-order valence-electron chi connectivity index (χ0n) is 9.03. The number of rotatable bonds is 6. The molecular weight excluding hydrogens is 208 g/mol. The summed E-state index contributed by atoms with van der Waals surface area (Å²) in [6.07, 6.45) is 6.27. The van der Waals surface area contributed by atoms with E-state index in [2.05, 4.69) is 16.5 Å². The standard InChI is InChI=1S/C11H16N2OS/c1-2-3-9-11(15-13-12-9)10(14)7-6-8-4-5-8/h8H,2-7H2,1H3. The molecule has 1 aromatic heterocycles. The van der Waals surface area contributed by atoms with Crippen molar-refractivity contribution in [2.24, 2.45) is 5.92 Å². The average molecular weight is 224 g/mol. The van der Waals surface area contributed by atoms with E-state index < -0.39 is 0 Å². The van der Waals surface area contributed by atoms with Crippen LogP contribution in [-0.2, 0) is 6.42 Å². The van der Waals surface area contributed by atoms with Crippen LogP contribution in [0.1, 0.15) is 54.4 Å². The topological polar surface area (TPSA) is 42.9 Å².